The highest BCUT2D eigenvalue weighted by Gasteiger charge is 2.30. The van der Waals surface area contributed by atoms with E-state index in [2.05, 4.69) is 15.4 Å². The van der Waals surface area contributed by atoms with Crippen LogP contribution >= 0.6 is 11.8 Å². The molecule has 2 N–H and O–H groups in total. The molecule has 0 radical (unpaired) electrons. The molecule has 106 valence electrons. The van der Waals surface area contributed by atoms with Crippen LogP contribution in [0.25, 0.3) is 0 Å². The highest BCUT2D eigenvalue weighted by atomic mass is 32.2. The van der Waals surface area contributed by atoms with E-state index < -0.39 is 12.0 Å². The number of ether oxygens (including phenoxy) is 1. The fourth-order valence-electron chi connectivity index (χ4n) is 1.26. The van der Waals surface area contributed by atoms with Crippen molar-refractivity contribution in [2.75, 3.05) is 38.2 Å². The molecule has 1 aliphatic heterocycles. The van der Waals surface area contributed by atoms with Gasteiger partial charge in [-0.15, -0.1) is 11.8 Å². The minimum Gasteiger partial charge on any atom is -0.439 e. The fraction of sp³-hybridized carbons (Fsp3) is 0.600. The van der Waals surface area contributed by atoms with E-state index in [1.54, 1.807) is 0 Å². The number of hydrogen-bond donors (Lipinski definition) is 2. The molecule has 1 aliphatic rings. The minimum absolute atomic E-state index is 0.0868. The van der Waals surface area contributed by atoms with Crippen molar-refractivity contribution in [1.29, 1.82) is 0 Å². The summed E-state index contributed by atoms with van der Waals surface area (Å²) in [6.45, 7) is 0.0124. The zero-order valence-corrected chi connectivity index (χ0v) is 11.2. The van der Waals surface area contributed by atoms with Gasteiger partial charge in [-0.3, -0.25) is 14.4 Å². The molecule has 1 fully saturated rings. The molecule has 1 rings (SSSR count). The zero-order valence-electron chi connectivity index (χ0n) is 10.4. The zero-order chi connectivity index (χ0) is 14.3. The summed E-state index contributed by atoms with van der Waals surface area (Å²) in [5.74, 6) is -0.461. The van der Waals surface area contributed by atoms with Gasteiger partial charge in [0.2, 0.25) is 11.8 Å². The Morgan fingerprint density at radius 3 is 2.58 bits per heavy atom. The van der Waals surface area contributed by atoms with Crippen LogP contribution in [-0.2, 0) is 19.1 Å². The Kier molecular flexibility index (Phi) is 6.13. The molecule has 0 aromatic heterocycles. The van der Waals surface area contributed by atoms with Crippen molar-refractivity contribution in [3.8, 4) is 0 Å². The van der Waals surface area contributed by atoms with Gasteiger partial charge in [-0.1, -0.05) is 0 Å². The highest BCUT2D eigenvalue weighted by molar-refractivity contribution is 8.00. The molecule has 8 nitrogen and oxygen atoms in total. The van der Waals surface area contributed by atoms with E-state index in [9.17, 15) is 19.2 Å². The Morgan fingerprint density at radius 1 is 1.32 bits per heavy atom. The second-order valence-corrected chi connectivity index (χ2v) is 4.60. The SMILES string of the molecule is CNC(=O)CSCC(=O)NCCN1C(=O)COC1=O. The van der Waals surface area contributed by atoms with E-state index >= 15 is 0 Å². The van der Waals surface area contributed by atoms with Crippen LogP contribution in [0.15, 0.2) is 0 Å². The number of amides is 4. The third-order valence-electron chi connectivity index (χ3n) is 2.24. The molecule has 0 aromatic rings. The number of cyclic esters (lactones) is 1. The molecule has 9 heteroatoms. The number of imide groups is 1. The van der Waals surface area contributed by atoms with Crippen molar-refractivity contribution in [1.82, 2.24) is 15.5 Å². The predicted molar refractivity (Wildman–Crippen MR) is 67.5 cm³/mol. The first-order chi connectivity index (χ1) is 9.04. The normalized spacial score (nSPS) is 14.3. The number of nitrogens with zero attached hydrogens (tertiary/aromatic N) is 1. The number of thioether (sulfide) groups is 1. The smallest absolute Gasteiger partial charge is 0.417 e. The summed E-state index contributed by atoms with van der Waals surface area (Å²) in [5, 5.41) is 4.99. The van der Waals surface area contributed by atoms with Gasteiger partial charge in [0.15, 0.2) is 6.61 Å². The maximum Gasteiger partial charge on any atom is 0.417 e. The Hall–Kier alpha value is -1.77. The van der Waals surface area contributed by atoms with E-state index in [1.165, 1.54) is 18.8 Å². The first-order valence-corrected chi connectivity index (χ1v) is 6.72. The van der Waals surface area contributed by atoms with Gasteiger partial charge < -0.3 is 15.4 Å². The quantitative estimate of drug-likeness (QED) is 0.595. The van der Waals surface area contributed by atoms with E-state index in [1.807, 2.05) is 0 Å². The first-order valence-electron chi connectivity index (χ1n) is 5.56. The Bertz CT molecular complexity index is 371. The largest absolute Gasteiger partial charge is 0.439 e. The van der Waals surface area contributed by atoms with E-state index in [-0.39, 0.29) is 43.0 Å². The Balaban J connectivity index is 2.12. The Morgan fingerprint density at radius 2 is 2.00 bits per heavy atom. The average molecular weight is 289 g/mol. The third-order valence-corrected chi connectivity index (χ3v) is 3.18. The van der Waals surface area contributed by atoms with Crippen LogP contribution in [0.4, 0.5) is 4.79 Å². The van der Waals surface area contributed by atoms with Crippen LogP contribution in [0.2, 0.25) is 0 Å². The topological polar surface area (TPSA) is 105 Å². The molecule has 0 unspecified atom stereocenters. The first kappa shape index (κ1) is 15.3. The van der Waals surface area contributed by atoms with Crippen molar-refractivity contribution >= 4 is 35.6 Å². The molecule has 0 aliphatic carbocycles. The lowest BCUT2D eigenvalue weighted by Crippen LogP contribution is -2.38. The summed E-state index contributed by atoms with van der Waals surface area (Å²) in [4.78, 5) is 45.4. The molecule has 19 heavy (non-hydrogen) atoms. The molecule has 0 spiro atoms. The van der Waals surface area contributed by atoms with Crippen molar-refractivity contribution in [3.63, 3.8) is 0 Å². The molecule has 0 bridgehead atoms. The lowest BCUT2D eigenvalue weighted by Gasteiger charge is -2.11. The lowest BCUT2D eigenvalue weighted by molar-refractivity contribution is -0.126. The van der Waals surface area contributed by atoms with E-state index in [4.69, 9.17) is 0 Å². The van der Waals surface area contributed by atoms with Gasteiger partial charge in [-0.2, -0.15) is 0 Å². The number of rotatable bonds is 7. The standard InChI is InChI=1S/C10H15N3O5S/c1-11-7(14)5-19-6-8(15)12-2-3-13-9(16)4-18-10(13)17/h2-6H2,1H3,(H,11,14)(H,12,15). The van der Waals surface area contributed by atoms with Crippen LogP contribution in [0.3, 0.4) is 0 Å². The van der Waals surface area contributed by atoms with Gasteiger partial charge in [0.1, 0.15) is 0 Å². The molecule has 1 saturated heterocycles. The summed E-state index contributed by atoms with van der Waals surface area (Å²) in [7, 11) is 1.52. The second kappa shape index (κ2) is 7.62. The van der Waals surface area contributed by atoms with Gasteiger partial charge >= 0.3 is 6.09 Å². The maximum absolute atomic E-state index is 11.4. The molecular formula is C10H15N3O5S. The minimum atomic E-state index is -0.687. The van der Waals surface area contributed by atoms with Crippen molar-refractivity contribution in [2.45, 2.75) is 0 Å². The van der Waals surface area contributed by atoms with E-state index in [0.717, 1.165) is 4.90 Å². The molecule has 0 atom stereocenters. The van der Waals surface area contributed by atoms with Crippen LogP contribution in [-0.4, -0.2) is 67.0 Å². The van der Waals surface area contributed by atoms with Gasteiger partial charge in [-0.25, -0.2) is 9.69 Å². The van der Waals surface area contributed by atoms with Gasteiger partial charge in [0, 0.05) is 20.1 Å². The maximum atomic E-state index is 11.4. The lowest BCUT2D eigenvalue weighted by atomic mass is 10.5. The van der Waals surface area contributed by atoms with Crippen LogP contribution in [0.5, 0.6) is 0 Å². The van der Waals surface area contributed by atoms with Crippen molar-refractivity contribution < 1.29 is 23.9 Å². The van der Waals surface area contributed by atoms with Crippen LogP contribution in [0.1, 0.15) is 0 Å². The highest BCUT2D eigenvalue weighted by Crippen LogP contribution is 2.03. The molecule has 0 aromatic carbocycles. The summed E-state index contributed by atoms with van der Waals surface area (Å²) >= 11 is 1.18. The van der Waals surface area contributed by atoms with Gasteiger partial charge in [0.25, 0.3) is 5.91 Å². The van der Waals surface area contributed by atoms with Gasteiger partial charge in [0.05, 0.1) is 11.5 Å². The summed E-state index contributed by atoms with van der Waals surface area (Å²) in [6, 6.07) is 0. The summed E-state index contributed by atoms with van der Waals surface area (Å²) in [6.07, 6.45) is -0.687. The van der Waals surface area contributed by atoms with Gasteiger partial charge in [-0.05, 0) is 0 Å². The second-order valence-electron chi connectivity index (χ2n) is 3.62. The predicted octanol–water partition coefficient (Wildman–Crippen LogP) is -1.44. The molecule has 0 saturated carbocycles. The molecule has 1 heterocycles. The summed E-state index contributed by atoms with van der Waals surface area (Å²) in [5.41, 5.74) is 0. The fourth-order valence-corrected chi connectivity index (χ4v) is 1.98. The van der Waals surface area contributed by atoms with Crippen molar-refractivity contribution in [2.24, 2.45) is 0 Å². The monoisotopic (exact) mass is 289 g/mol. The summed E-state index contributed by atoms with van der Waals surface area (Å²) < 4.78 is 4.52. The Labute approximate surface area is 114 Å². The third kappa shape index (κ3) is 5.16. The molecule has 4 amide bonds. The number of hydrogen-bond acceptors (Lipinski definition) is 6. The average Bonchev–Trinajstić information content (AvgIpc) is 2.70. The van der Waals surface area contributed by atoms with Crippen LogP contribution in [0, 0.1) is 0 Å². The van der Waals surface area contributed by atoms with E-state index in [0.29, 0.717) is 0 Å². The number of nitrogens with one attached hydrogen (secondary N) is 2. The van der Waals surface area contributed by atoms with Crippen LogP contribution < -0.4 is 10.6 Å². The number of carbonyl (C=O) groups is 4. The number of carbonyl (C=O) groups excluding carboxylic acids is 4. The molecular weight excluding hydrogens is 274 g/mol. The van der Waals surface area contributed by atoms with Crippen molar-refractivity contribution in [3.05, 3.63) is 0 Å².